The van der Waals surface area contributed by atoms with Crippen molar-refractivity contribution < 1.29 is 24.7 Å². The monoisotopic (exact) mass is 227 g/mol. The Labute approximate surface area is 89.5 Å². The number of nitro groups is 1. The number of fused-ring (bicyclic) bond motifs is 2. The molecule has 16 heavy (non-hydrogen) atoms. The largest absolute Gasteiger partial charge is 0.481 e. The van der Waals surface area contributed by atoms with E-state index in [1.165, 1.54) is 6.08 Å². The van der Waals surface area contributed by atoms with E-state index in [1.807, 2.05) is 0 Å². The number of rotatable bonds is 3. The first kappa shape index (κ1) is 10.6. The van der Waals surface area contributed by atoms with Crippen LogP contribution in [0.2, 0.25) is 0 Å². The molecule has 0 heterocycles. The number of aliphatic carboxylic acids is 2. The zero-order chi connectivity index (χ0) is 12.1. The molecule has 86 valence electrons. The first-order chi connectivity index (χ1) is 7.42. The van der Waals surface area contributed by atoms with Crippen LogP contribution in [0, 0.1) is 27.9 Å². The van der Waals surface area contributed by atoms with E-state index in [4.69, 9.17) is 10.2 Å². The Hall–Kier alpha value is -1.92. The Morgan fingerprint density at radius 3 is 2.38 bits per heavy atom. The van der Waals surface area contributed by atoms with Crippen LogP contribution in [0.3, 0.4) is 0 Å². The van der Waals surface area contributed by atoms with Gasteiger partial charge in [-0.05, 0) is 12.3 Å². The smallest absolute Gasteiger partial charge is 0.384 e. The van der Waals surface area contributed by atoms with Crippen LogP contribution in [0.4, 0.5) is 0 Å². The van der Waals surface area contributed by atoms with Crippen molar-refractivity contribution in [1.29, 1.82) is 0 Å². The summed E-state index contributed by atoms with van der Waals surface area (Å²) in [4.78, 5) is 32.2. The fourth-order valence-electron chi connectivity index (χ4n) is 2.85. The van der Waals surface area contributed by atoms with Crippen LogP contribution in [-0.4, -0.2) is 32.6 Å². The summed E-state index contributed by atoms with van der Waals surface area (Å²) in [5.41, 5.74) is -2.40. The molecule has 0 unspecified atom stereocenters. The van der Waals surface area contributed by atoms with E-state index in [2.05, 4.69) is 0 Å². The Bertz CT molecular complexity index is 400. The molecule has 0 aromatic carbocycles. The van der Waals surface area contributed by atoms with Crippen LogP contribution in [0.5, 0.6) is 0 Å². The average Bonchev–Trinajstić information content (AvgIpc) is 2.73. The second-order valence-corrected chi connectivity index (χ2v) is 4.09. The summed E-state index contributed by atoms with van der Waals surface area (Å²) in [5.74, 6) is -5.94. The summed E-state index contributed by atoms with van der Waals surface area (Å²) in [7, 11) is 0. The van der Waals surface area contributed by atoms with Crippen LogP contribution in [-0.2, 0) is 9.59 Å². The van der Waals surface area contributed by atoms with Gasteiger partial charge < -0.3 is 10.2 Å². The number of carboxylic acid groups (broad SMARTS) is 2. The SMILES string of the molecule is O=C(O)[C@@H]1[C@H]2C=C[C@@H](C2)[C@]1(C(=O)O)[N+](=O)[O-]. The lowest BCUT2D eigenvalue weighted by Crippen LogP contribution is -2.57. The molecule has 4 atom stereocenters. The van der Waals surface area contributed by atoms with Crippen LogP contribution < -0.4 is 0 Å². The van der Waals surface area contributed by atoms with Crippen LogP contribution in [0.15, 0.2) is 12.2 Å². The molecule has 2 aliphatic rings. The van der Waals surface area contributed by atoms with E-state index in [0.717, 1.165) is 0 Å². The summed E-state index contributed by atoms with van der Waals surface area (Å²) in [6.45, 7) is 0. The highest BCUT2D eigenvalue weighted by Gasteiger charge is 2.73. The first-order valence-corrected chi connectivity index (χ1v) is 4.71. The van der Waals surface area contributed by atoms with Gasteiger partial charge in [0.2, 0.25) is 0 Å². The van der Waals surface area contributed by atoms with Gasteiger partial charge in [-0.2, -0.15) is 0 Å². The molecule has 0 aromatic rings. The van der Waals surface area contributed by atoms with Crippen molar-refractivity contribution in [3.63, 3.8) is 0 Å². The molecule has 2 aliphatic carbocycles. The lowest BCUT2D eigenvalue weighted by Gasteiger charge is -2.27. The summed E-state index contributed by atoms with van der Waals surface area (Å²) in [5, 5.41) is 29.0. The Balaban J connectivity index is 2.59. The molecule has 7 heteroatoms. The van der Waals surface area contributed by atoms with Crippen LogP contribution >= 0.6 is 0 Å². The average molecular weight is 227 g/mol. The Kier molecular flexibility index (Phi) is 2.01. The van der Waals surface area contributed by atoms with Gasteiger partial charge in [-0.25, -0.2) is 4.79 Å². The summed E-state index contributed by atoms with van der Waals surface area (Å²) >= 11 is 0. The number of nitrogens with zero attached hydrogens (tertiary/aromatic N) is 1. The van der Waals surface area contributed by atoms with Crippen LogP contribution in [0.1, 0.15) is 6.42 Å². The highest BCUT2D eigenvalue weighted by atomic mass is 16.6. The minimum atomic E-state index is -2.40. The van der Waals surface area contributed by atoms with Crippen molar-refractivity contribution >= 4 is 11.9 Å². The molecule has 0 amide bonds. The molecule has 0 saturated heterocycles. The van der Waals surface area contributed by atoms with Gasteiger partial charge in [0, 0.05) is 4.92 Å². The lowest BCUT2D eigenvalue weighted by atomic mass is 9.76. The van der Waals surface area contributed by atoms with E-state index < -0.39 is 40.2 Å². The fraction of sp³-hybridized carbons (Fsp3) is 0.556. The molecule has 1 saturated carbocycles. The van der Waals surface area contributed by atoms with Crippen molar-refractivity contribution in [3.05, 3.63) is 22.3 Å². The number of hydrogen-bond acceptors (Lipinski definition) is 4. The van der Waals surface area contributed by atoms with Crippen LogP contribution in [0.25, 0.3) is 0 Å². The van der Waals surface area contributed by atoms with Gasteiger partial charge in [0.25, 0.3) is 0 Å². The molecule has 0 aromatic heterocycles. The number of carboxylic acids is 2. The number of carbonyl (C=O) groups is 2. The highest BCUT2D eigenvalue weighted by molar-refractivity contribution is 5.88. The maximum Gasteiger partial charge on any atom is 0.384 e. The molecular formula is C9H9NO6. The second kappa shape index (κ2) is 3.03. The van der Waals surface area contributed by atoms with E-state index in [9.17, 15) is 19.7 Å². The van der Waals surface area contributed by atoms with E-state index >= 15 is 0 Å². The van der Waals surface area contributed by atoms with Gasteiger partial charge in [0.1, 0.15) is 5.92 Å². The third kappa shape index (κ3) is 0.971. The number of hydrogen-bond donors (Lipinski definition) is 2. The quantitative estimate of drug-likeness (QED) is 0.397. The van der Waals surface area contributed by atoms with Crippen molar-refractivity contribution in [1.82, 2.24) is 0 Å². The summed E-state index contributed by atoms with van der Waals surface area (Å²) in [6, 6.07) is 0. The highest BCUT2D eigenvalue weighted by Crippen LogP contribution is 2.52. The predicted molar refractivity (Wildman–Crippen MR) is 49.2 cm³/mol. The lowest BCUT2D eigenvalue weighted by molar-refractivity contribution is -0.567. The third-order valence-corrected chi connectivity index (χ3v) is 3.50. The minimum Gasteiger partial charge on any atom is -0.481 e. The molecule has 0 aliphatic heterocycles. The first-order valence-electron chi connectivity index (χ1n) is 4.71. The van der Waals surface area contributed by atoms with E-state index in [0.29, 0.717) is 0 Å². The maximum atomic E-state index is 11.1. The minimum absolute atomic E-state index is 0.226. The zero-order valence-corrected chi connectivity index (χ0v) is 8.07. The van der Waals surface area contributed by atoms with Gasteiger partial charge in [-0.1, -0.05) is 12.2 Å². The molecule has 0 spiro atoms. The van der Waals surface area contributed by atoms with Gasteiger partial charge in [-0.15, -0.1) is 0 Å². The van der Waals surface area contributed by atoms with Gasteiger partial charge >= 0.3 is 17.5 Å². The molecule has 1 fully saturated rings. The standard InChI is InChI=1S/C9H9NO6/c11-7(12)6-4-1-2-5(3-4)9(6,8(13)14)10(15)16/h1-2,4-6H,3H2,(H,11,12)(H,13,14)/t4-,5-,6-,9-/m0/s1. The zero-order valence-electron chi connectivity index (χ0n) is 8.07. The van der Waals surface area contributed by atoms with Gasteiger partial charge in [0.15, 0.2) is 0 Å². The molecule has 2 bridgehead atoms. The Morgan fingerprint density at radius 1 is 1.38 bits per heavy atom. The predicted octanol–water partition coefficient (Wildman–Crippen LogP) is -0.00680. The Morgan fingerprint density at radius 2 is 2.00 bits per heavy atom. The summed E-state index contributed by atoms with van der Waals surface area (Å²) < 4.78 is 0. The maximum absolute atomic E-state index is 11.1. The summed E-state index contributed by atoms with van der Waals surface area (Å²) in [6.07, 6.45) is 3.24. The van der Waals surface area contributed by atoms with Crippen molar-refractivity contribution in [2.75, 3.05) is 0 Å². The molecule has 7 nitrogen and oxygen atoms in total. The van der Waals surface area contributed by atoms with Crippen molar-refractivity contribution in [3.8, 4) is 0 Å². The number of allylic oxidation sites excluding steroid dienone is 1. The topological polar surface area (TPSA) is 118 Å². The fourth-order valence-corrected chi connectivity index (χ4v) is 2.85. The normalized spacial score (nSPS) is 39.9. The van der Waals surface area contributed by atoms with Crippen molar-refractivity contribution in [2.45, 2.75) is 12.0 Å². The van der Waals surface area contributed by atoms with Gasteiger partial charge in [0.05, 0.1) is 5.92 Å². The van der Waals surface area contributed by atoms with E-state index in [1.54, 1.807) is 6.08 Å². The molecular weight excluding hydrogens is 218 g/mol. The molecule has 0 radical (unpaired) electrons. The third-order valence-electron chi connectivity index (χ3n) is 3.50. The van der Waals surface area contributed by atoms with E-state index in [-0.39, 0.29) is 6.42 Å². The van der Waals surface area contributed by atoms with Gasteiger partial charge in [-0.3, -0.25) is 14.9 Å². The second-order valence-electron chi connectivity index (χ2n) is 4.09. The molecule has 2 N–H and O–H groups in total. The van der Waals surface area contributed by atoms with Crippen molar-refractivity contribution in [2.24, 2.45) is 17.8 Å². The molecule has 2 rings (SSSR count).